The van der Waals surface area contributed by atoms with Gasteiger partial charge in [0, 0.05) is 18.7 Å². The summed E-state index contributed by atoms with van der Waals surface area (Å²) in [4.78, 5) is 23.2. The molecule has 0 heterocycles. The maximum atomic E-state index is 12.1. The van der Waals surface area contributed by atoms with E-state index in [2.05, 4.69) is 16.0 Å². The Morgan fingerprint density at radius 3 is 2.59 bits per heavy atom. The Kier molecular flexibility index (Phi) is 5.81. The van der Waals surface area contributed by atoms with E-state index in [0.29, 0.717) is 6.04 Å². The van der Waals surface area contributed by atoms with Gasteiger partial charge in [-0.1, -0.05) is 31.4 Å². The van der Waals surface area contributed by atoms with Crippen LogP contribution in [0.3, 0.4) is 0 Å². The zero-order valence-electron chi connectivity index (χ0n) is 13.3. The predicted octanol–water partition coefficient (Wildman–Crippen LogP) is 3.34. The highest BCUT2D eigenvalue weighted by Crippen LogP contribution is 2.19. The zero-order chi connectivity index (χ0) is 15.9. The van der Waals surface area contributed by atoms with Crippen LogP contribution in [0.15, 0.2) is 24.3 Å². The lowest BCUT2D eigenvalue weighted by molar-refractivity contribution is -0.114. The molecule has 22 heavy (non-hydrogen) atoms. The zero-order valence-corrected chi connectivity index (χ0v) is 13.3. The standard InChI is InChI=1S/C17H25N3O2/c1-12(14-7-6-10-16(11-14)19-13(2)21)18-17(22)20-15-8-4-3-5-9-15/h6-7,10-12,15H,3-5,8-9H2,1-2H3,(H,19,21)(H2,18,20,22). The van der Waals surface area contributed by atoms with Crippen molar-refractivity contribution in [3.8, 4) is 0 Å². The molecule has 1 fully saturated rings. The molecule has 0 bridgehead atoms. The normalized spacial score (nSPS) is 16.6. The van der Waals surface area contributed by atoms with Crippen molar-refractivity contribution in [2.24, 2.45) is 0 Å². The van der Waals surface area contributed by atoms with Crippen LogP contribution in [0, 0.1) is 0 Å². The maximum Gasteiger partial charge on any atom is 0.315 e. The number of hydrogen-bond acceptors (Lipinski definition) is 2. The lowest BCUT2D eigenvalue weighted by atomic mass is 9.96. The van der Waals surface area contributed by atoms with Crippen LogP contribution in [0.25, 0.3) is 0 Å². The lowest BCUT2D eigenvalue weighted by Crippen LogP contribution is -2.43. The number of hydrogen-bond donors (Lipinski definition) is 3. The van der Waals surface area contributed by atoms with E-state index in [4.69, 9.17) is 0 Å². The fourth-order valence-corrected chi connectivity index (χ4v) is 2.84. The molecule has 1 atom stereocenters. The SMILES string of the molecule is CC(=O)Nc1cccc(C(C)NC(=O)NC2CCCCC2)c1. The molecule has 0 aromatic heterocycles. The van der Waals surface area contributed by atoms with Crippen molar-refractivity contribution in [2.75, 3.05) is 5.32 Å². The Labute approximate surface area is 131 Å². The first-order valence-electron chi connectivity index (χ1n) is 7.99. The van der Waals surface area contributed by atoms with Crippen molar-refractivity contribution >= 4 is 17.6 Å². The van der Waals surface area contributed by atoms with E-state index in [-0.39, 0.29) is 18.0 Å². The van der Waals surface area contributed by atoms with Crippen molar-refractivity contribution in [1.29, 1.82) is 0 Å². The van der Waals surface area contributed by atoms with Crippen molar-refractivity contribution < 1.29 is 9.59 Å². The minimum atomic E-state index is -0.121. The van der Waals surface area contributed by atoms with Crippen LogP contribution >= 0.6 is 0 Å². The molecule has 0 radical (unpaired) electrons. The van der Waals surface area contributed by atoms with Gasteiger partial charge in [-0.15, -0.1) is 0 Å². The number of urea groups is 1. The first-order valence-corrected chi connectivity index (χ1v) is 7.99. The molecule has 120 valence electrons. The van der Waals surface area contributed by atoms with E-state index in [1.54, 1.807) is 0 Å². The monoisotopic (exact) mass is 303 g/mol. The molecule has 1 unspecified atom stereocenters. The average molecular weight is 303 g/mol. The number of rotatable bonds is 4. The molecule has 1 aromatic rings. The summed E-state index contributed by atoms with van der Waals surface area (Å²) in [5, 5.41) is 8.76. The summed E-state index contributed by atoms with van der Waals surface area (Å²) < 4.78 is 0. The Hall–Kier alpha value is -2.04. The number of benzene rings is 1. The van der Waals surface area contributed by atoms with Crippen LogP contribution in [0.2, 0.25) is 0 Å². The summed E-state index contributed by atoms with van der Waals surface area (Å²) in [6, 6.07) is 7.59. The van der Waals surface area contributed by atoms with Crippen LogP contribution in [0.5, 0.6) is 0 Å². The number of carbonyl (C=O) groups is 2. The second kappa shape index (κ2) is 7.82. The van der Waals surface area contributed by atoms with Crippen molar-refractivity contribution in [3.05, 3.63) is 29.8 Å². The molecule has 1 aromatic carbocycles. The number of amides is 3. The summed E-state index contributed by atoms with van der Waals surface area (Å²) in [7, 11) is 0. The van der Waals surface area contributed by atoms with Crippen molar-refractivity contribution in [3.63, 3.8) is 0 Å². The van der Waals surface area contributed by atoms with Gasteiger partial charge in [-0.3, -0.25) is 4.79 Å². The summed E-state index contributed by atoms with van der Waals surface area (Å²) >= 11 is 0. The molecule has 2 rings (SSSR count). The highest BCUT2D eigenvalue weighted by molar-refractivity contribution is 5.88. The molecule has 1 aliphatic carbocycles. The Morgan fingerprint density at radius 1 is 1.18 bits per heavy atom. The molecule has 5 nitrogen and oxygen atoms in total. The topological polar surface area (TPSA) is 70.2 Å². The third kappa shape index (κ3) is 5.06. The van der Waals surface area contributed by atoms with Gasteiger partial charge in [0.25, 0.3) is 0 Å². The van der Waals surface area contributed by atoms with Gasteiger partial charge in [0.05, 0.1) is 6.04 Å². The van der Waals surface area contributed by atoms with E-state index in [1.807, 2.05) is 31.2 Å². The molecule has 5 heteroatoms. The van der Waals surface area contributed by atoms with Crippen LogP contribution in [-0.4, -0.2) is 18.0 Å². The highest BCUT2D eigenvalue weighted by Gasteiger charge is 2.17. The first-order chi connectivity index (χ1) is 10.5. The second-order valence-corrected chi connectivity index (χ2v) is 5.98. The van der Waals surface area contributed by atoms with E-state index >= 15 is 0 Å². The van der Waals surface area contributed by atoms with E-state index in [1.165, 1.54) is 26.2 Å². The molecule has 0 aliphatic heterocycles. The van der Waals surface area contributed by atoms with Gasteiger partial charge in [0.15, 0.2) is 0 Å². The van der Waals surface area contributed by atoms with Gasteiger partial charge in [-0.2, -0.15) is 0 Å². The number of carbonyl (C=O) groups excluding carboxylic acids is 2. The van der Waals surface area contributed by atoms with Crippen molar-refractivity contribution in [2.45, 2.75) is 58.0 Å². The molecular formula is C17H25N3O2. The average Bonchev–Trinajstić information content (AvgIpc) is 2.47. The molecule has 1 aliphatic rings. The molecule has 0 spiro atoms. The number of anilines is 1. The molecule has 0 saturated heterocycles. The third-order valence-electron chi connectivity index (χ3n) is 3.99. The molecule has 3 N–H and O–H groups in total. The quantitative estimate of drug-likeness (QED) is 0.798. The summed E-state index contributed by atoms with van der Waals surface area (Å²) in [6.45, 7) is 3.42. The van der Waals surface area contributed by atoms with Crippen LogP contribution in [-0.2, 0) is 4.79 Å². The second-order valence-electron chi connectivity index (χ2n) is 5.98. The number of nitrogens with one attached hydrogen (secondary N) is 3. The van der Waals surface area contributed by atoms with Crippen LogP contribution in [0.1, 0.15) is 57.6 Å². The van der Waals surface area contributed by atoms with E-state index < -0.39 is 0 Å². The van der Waals surface area contributed by atoms with E-state index in [9.17, 15) is 9.59 Å². The largest absolute Gasteiger partial charge is 0.335 e. The van der Waals surface area contributed by atoms with Gasteiger partial charge in [0.1, 0.15) is 0 Å². The summed E-state index contributed by atoms with van der Waals surface area (Å²) in [5.74, 6) is -0.104. The Bertz CT molecular complexity index is 524. The molecule has 1 saturated carbocycles. The van der Waals surface area contributed by atoms with Crippen molar-refractivity contribution in [1.82, 2.24) is 10.6 Å². The fraction of sp³-hybridized carbons (Fsp3) is 0.529. The molecular weight excluding hydrogens is 278 g/mol. The summed E-state index contributed by atoms with van der Waals surface area (Å²) in [6.07, 6.45) is 5.80. The van der Waals surface area contributed by atoms with Gasteiger partial charge in [0.2, 0.25) is 5.91 Å². The van der Waals surface area contributed by atoms with Crippen LogP contribution in [0.4, 0.5) is 10.5 Å². The van der Waals surface area contributed by atoms with Gasteiger partial charge < -0.3 is 16.0 Å². The minimum absolute atomic E-state index is 0.104. The lowest BCUT2D eigenvalue weighted by Gasteiger charge is -2.24. The Morgan fingerprint density at radius 2 is 1.91 bits per heavy atom. The first kappa shape index (κ1) is 16.3. The fourth-order valence-electron chi connectivity index (χ4n) is 2.84. The van der Waals surface area contributed by atoms with Gasteiger partial charge >= 0.3 is 6.03 Å². The predicted molar refractivity (Wildman–Crippen MR) is 87.7 cm³/mol. The summed E-state index contributed by atoms with van der Waals surface area (Å²) in [5.41, 5.74) is 1.70. The van der Waals surface area contributed by atoms with Gasteiger partial charge in [-0.25, -0.2) is 4.79 Å². The minimum Gasteiger partial charge on any atom is -0.335 e. The highest BCUT2D eigenvalue weighted by atomic mass is 16.2. The van der Waals surface area contributed by atoms with E-state index in [0.717, 1.165) is 24.1 Å². The Balaban J connectivity index is 1.89. The maximum absolute atomic E-state index is 12.1. The molecule has 3 amide bonds. The van der Waals surface area contributed by atoms with Crippen LogP contribution < -0.4 is 16.0 Å². The smallest absolute Gasteiger partial charge is 0.315 e. The van der Waals surface area contributed by atoms with Gasteiger partial charge in [-0.05, 0) is 37.5 Å². The third-order valence-corrected chi connectivity index (χ3v) is 3.99.